The molecule has 0 aliphatic heterocycles. The Morgan fingerprint density at radius 1 is 1.20 bits per heavy atom. The second kappa shape index (κ2) is 9.89. The third-order valence-electron chi connectivity index (χ3n) is 2.01. The zero-order valence-electron chi connectivity index (χ0n) is 9.82. The van der Waals surface area contributed by atoms with Gasteiger partial charge in [0.2, 0.25) is 0 Å². The smallest absolute Gasteiger partial charge is 0.319 e. The van der Waals surface area contributed by atoms with Gasteiger partial charge in [-0.3, -0.25) is 9.69 Å². The molecule has 0 N–H and O–H groups in total. The van der Waals surface area contributed by atoms with Gasteiger partial charge in [-0.2, -0.15) is 0 Å². The minimum absolute atomic E-state index is 0.214. The number of esters is 1. The van der Waals surface area contributed by atoms with Crippen LogP contribution in [0.15, 0.2) is 0 Å². The maximum Gasteiger partial charge on any atom is 0.319 e. The number of methoxy groups -OCH3 is 2. The normalized spacial score (nSPS) is 10.7. The maximum absolute atomic E-state index is 11.0. The van der Waals surface area contributed by atoms with Gasteiger partial charge in [0.15, 0.2) is 0 Å². The first-order valence-electron chi connectivity index (χ1n) is 5.10. The summed E-state index contributed by atoms with van der Waals surface area (Å²) in [5, 5.41) is 0. The fourth-order valence-corrected chi connectivity index (χ4v) is 1.03. The van der Waals surface area contributed by atoms with Gasteiger partial charge in [-0.15, -0.1) is 0 Å². The van der Waals surface area contributed by atoms with E-state index in [1.54, 1.807) is 7.11 Å². The Morgan fingerprint density at radius 3 is 2.47 bits per heavy atom. The van der Waals surface area contributed by atoms with Crippen LogP contribution in [-0.4, -0.2) is 64.5 Å². The predicted molar refractivity (Wildman–Crippen MR) is 56.8 cm³/mol. The second-order valence-electron chi connectivity index (χ2n) is 3.05. The number of rotatable bonds is 9. The molecule has 0 spiro atoms. The van der Waals surface area contributed by atoms with Crippen molar-refractivity contribution < 1.29 is 19.0 Å². The van der Waals surface area contributed by atoms with Crippen molar-refractivity contribution in [3.63, 3.8) is 0 Å². The number of carbonyl (C=O) groups excluding carboxylic acids is 1. The molecule has 0 atom stereocenters. The molecule has 0 aromatic carbocycles. The highest BCUT2D eigenvalue weighted by Gasteiger charge is 2.08. The topological polar surface area (TPSA) is 48.0 Å². The number of hydrogen-bond acceptors (Lipinski definition) is 5. The predicted octanol–water partition coefficient (Wildman–Crippen LogP) is 0.144. The van der Waals surface area contributed by atoms with E-state index >= 15 is 0 Å². The van der Waals surface area contributed by atoms with E-state index in [2.05, 4.69) is 4.74 Å². The van der Waals surface area contributed by atoms with Gasteiger partial charge in [0.05, 0.1) is 33.5 Å². The maximum atomic E-state index is 11.0. The van der Waals surface area contributed by atoms with Crippen LogP contribution in [0.5, 0.6) is 0 Å². The number of likely N-dealkylation sites (N-methyl/N-ethyl adjacent to an activating group) is 1. The van der Waals surface area contributed by atoms with Gasteiger partial charge >= 0.3 is 5.97 Å². The lowest BCUT2D eigenvalue weighted by molar-refractivity contribution is -0.142. The van der Waals surface area contributed by atoms with Crippen molar-refractivity contribution in [2.24, 2.45) is 0 Å². The Labute approximate surface area is 91.3 Å². The lowest BCUT2D eigenvalue weighted by Gasteiger charge is -2.18. The van der Waals surface area contributed by atoms with E-state index in [9.17, 15) is 4.79 Å². The first-order valence-corrected chi connectivity index (χ1v) is 5.10. The largest absolute Gasteiger partial charge is 0.468 e. The molecular weight excluding hydrogens is 198 g/mol. The Hall–Kier alpha value is -0.650. The molecule has 0 saturated carbocycles. The van der Waals surface area contributed by atoms with Crippen LogP contribution in [0.3, 0.4) is 0 Å². The molecule has 0 amide bonds. The third-order valence-corrected chi connectivity index (χ3v) is 2.01. The van der Waals surface area contributed by atoms with Crippen LogP contribution in [0.1, 0.15) is 6.92 Å². The third kappa shape index (κ3) is 8.35. The van der Waals surface area contributed by atoms with E-state index in [-0.39, 0.29) is 5.97 Å². The average molecular weight is 219 g/mol. The first-order chi connectivity index (χ1) is 7.24. The van der Waals surface area contributed by atoms with E-state index in [1.165, 1.54) is 7.11 Å². The van der Waals surface area contributed by atoms with Gasteiger partial charge < -0.3 is 14.2 Å². The van der Waals surface area contributed by atoms with Crippen LogP contribution < -0.4 is 0 Å². The number of ether oxygens (including phenoxy) is 3. The number of nitrogens with zero attached hydrogens (tertiary/aromatic N) is 1. The highest BCUT2D eigenvalue weighted by molar-refractivity contribution is 5.71. The average Bonchev–Trinajstić information content (AvgIpc) is 2.26. The van der Waals surface area contributed by atoms with E-state index in [0.717, 1.165) is 13.1 Å². The zero-order valence-corrected chi connectivity index (χ0v) is 9.82. The van der Waals surface area contributed by atoms with E-state index in [1.807, 2.05) is 11.8 Å². The molecule has 0 bridgehead atoms. The fraction of sp³-hybridized carbons (Fsp3) is 0.900. The van der Waals surface area contributed by atoms with Crippen molar-refractivity contribution in [2.45, 2.75) is 6.92 Å². The lowest BCUT2D eigenvalue weighted by atomic mass is 10.4. The number of carbonyl (C=O) groups is 1. The Morgan fingerprint density at radius 2 is 1.93 bits per heavy atom. The van der Waals surface area contributed by atoms with Crippen molar-refractivity contribution in [1.82, 2.24) is 4.90 Å². The summed E-state index contributed by atoms with van der Waals surface area (Å²) in [5.41, 5.74) is 0. The van der Waals surface area contributed by atoms with Gasteiger partial charge in [-0.25, -0.2) is 0 Å². The van der Waals surface area contributed by atoms with Gasteiger partial charge in [-0.1, -0.05) is 6.92 Å². The molecule has 0 fully saturated rings. The van der Waals surface area contributed by atoms with Gasteiger partial charge in [0, 0.05) is 13.7 Å². The van der Waals surface area contributed by atoms with Crippen LogP contribution in [-0.2, 0) is 19.0 Å². The molecular formula is C10H21NO4. The van der Waals surface area contributed by atoms with Crippen molar-refractivity contribution in [1.29, 1.82) is 0 Å². The molecule has 5 nitrogen and oxygen atoms in total. The second-order valence-corrected chi connectivity index (χ2v) is 3.05. The summed E-state index contributed by atoms with van der Waals surface area (Å²) >= 11 is 0. The van der Waals surface area contributed by atoms with Crippen LogP contribution >= 0.6 is 0 Å². The summed E-state index contributed by atoms with van der Waals surface area (Å²) in [6.45, 7) is 5.65. The SMILES string of the molecule is CCN(CCOCCOC)CC(=O)OC. The standard InChI is InChI=1S/C10H21NO4/c1-4-11(9-10(12)14-3)5-6-15-8-7-13-2/h4-9H2,1-3H3. The Bertz CT molecular complexity index is 164. The molecule has 0 aromatic rings. The fourth-order valence-electron chi connectivity index (χ4n) is 1.03. The Balaban J connectivity index is 3.48. The molecule has 15 heavy (non-hydrogen) atoms. The molecule has 90 valence electrons. The molecule has 0 aliphatic carbocycles. The summed E-state index contributed by atoms with van der Waals surface area (Å²) in [6, 6.07) is 0. The van der Waals surface area contributed by atoms with Crippen LogP contribution in [0, 0.1) is 0 Å². The molecule has 0 radical (unpaired) electrons. The van der Waals surface area contributed by atoms with Gasteiger partial charge in [-0.05, 0) is 6.54 Å². The Kier molecular flexibility index (Phi) is 9.46. The van der Waals surface area contributed by atoms with Gasteiger partial charge in [0.25, 0.3) is 0 Å². The van der Waals surface area contributed by atoms with E-state index < -0.39 is 0 Å². The summed E-state index contributed by atoms with van der Waals surface area (Å²) in [5.74, 6) is -0.214. The summed E-state index contributed by atoms with van der Waals surface area (Å²) < 4.78 is 14.7. The van der Waals surface area contributed by atoms with Crippen molar-refractivity contribution in [3.8, 4) is 0 Å². The minimum Gasteiger partial charge on any atom is -0.468 e. The quantitative estimate of drug-likeness (QED) is 0.408. The van der Waals surface area contributed by atoms with E-state index in [0.29, 0.717) is 26.4 Å². The molecule has 0 heterocycles. The highest BCUT2D eigenvalue weighted by Crippen LogP contribution is 1.89. The van der Waals surface area contributed by atoms with E-state index in [4.69, 9.17) is 9.47 Å². The van der Waals surface area contributed by atoms with Crippen molar-refractivity contribution in [2.75, 3.05) is 53.7 Å². The first kappa shape index (κ1) is 14.3. The van der Waals surface area contributed by atoms with Crippen LogP contribution in [0.4, 0.5) is 0 Å². The molecule has 0 saturated heterocycles. The monoisotopic (exact) mass is 219 g/mol. The summed E-state index contributed by atoms with van der Waals surface area (Å²) in [6.07, 6.45) is 0. The zero-order chi connectivity index (χ0) is 11.5. The molecule has 0 unspecified atom stereocenters. The van der Waals surface area contributed by atoms with Crippen LogP contribution in [0.25, 0.3) is 0 Å². The summed E-state index contributed by atoms with van der Waals surface area (Å²) in [4.78, 5) is 13.0. The number of hydrogen-bond donors (Lipinski definition) is 0. The lowest BCUT2D eigenvalue weighted by Crippen LogP contribution is -2.33. The van der Waals surface area contributed by atoms with Crippen molar-refractivity contribution in [3.05, 3.63) is 0 Å². The molecule has 0 rings (SSSR count). The van der Waals surface area contributed by atoms with Crippen molar-refractivity contribution >= 4 is 5.97 Å². The van der Waals surface area contributed by atoms with Gasteiger partial charge in [0.1, 0.15) is 0 Å². The van der Waals surface area contributed by atoms with Crippen LogP contribution in [0.2, 0.25) is 0 Å². The molecule has 0 aliphatic rings. The summed E-state index contributed by atoms with van der Waals surface area (Å²) in [7, 11) is 3.03. The highest BCUT2D eigenvalue weighted by atomic mass is 16.5. The molecule has 5 heteroatoms. The molecule has 0 aromatic heterocycles. The minimum atomic E-state index is -0.214.